The number of fused-ring (bicyclic) bond motifs is 4. The third-order valence-corrected chi connectivity index (χ3v) is 5.51. The first-order chi connectivity index (χ1) is 12.5. The lowest BCUT2D eigenvalue weighted by Crippen LogP contribution is -2.49. The summed E-state index contributed by atoms with van der Waals surface area (Å²) in [5.41, 5.74) is 4.59. The number of rotatable bonds is 1. The van der Waals surface area contributed by atoms with Crippen molar-refractivity contribution in [1.82, 2.24) is 9.97 Å². The lowest BCUT2D eigenvalue weighted by molar-refractivity contribution is 0.517. The number of anilines is 3. The second-order valence-electron chi connectivity index (χ2n) is 7.30. The molecule has 4 heterocycles. The molecule has 0 bridgehead atoms. The number of pyridine rings is 2. The first-order valence-electron chi connectivity index (χ1n) is 8.76. The topological polar surface area (TPSA) is 45.4 Å². The smallest absolute Gasteiger partial charge is 0.227 e. The summed E-state index contributed by atoms with van der Waals surface area (Å²) < 4.78 is 6.23. The number of aryl methyl sites for hydroxylation is 1. The van der Waals surface area contributed by atoms with Crippen molar-refractivity contribution >= 4 is 39.3 Å². The molecule has 0 spiro atoms. The molecule has 0 unspecified atom stereocenters. The van der Waals surface area contributed by atoms with E-state index in [4.69, 9.17) is 4.42 Å². The van der Waals surface area contributed by atoms with Gasteiger partial charge in [0.1, 0.15) is 5.66 Å². The molecule has 0 N–H and O–H groups in total. The molecule has 0 aliphatic carbocycles. The number of hydrogen-bond acceptors (Lipinski definition) is 5. The molecule has 0 fully saturated rings. The van der Waals surface area contributed by atoms with Crippen LogP contribution in [0.5, 0.6) is 0 Å². The minimum atomic E-state index is -0.276. The highest BCUT2D eigenvalue weighted by atomic mass is 16.3. The molecular weight excluding hydrogens is 324 g/mol. The zero-order valence-electron chi connectivity index (χ0n) is 15.3. The zero-order chi connectivity index (χ0) is 18.1. The number of nitrogens with zero attached hydrogens (tertiary/aromatic N) is 4. The number of benzene rings is 1. The standard InChI is InChI=1S/C21H20N4O/c1-13-9-10-14-15-7-5-12-23-20(15)26-18(14)17(13)25-16-8-6-11-22-19(16)24(4)21(25,2)3/h5-12H,1-4H3. The van der Waals surface area contributed by atoms with Crippen molar-refractivity contribution in [2.75, 3.05) is 16.8 Å². The van der Waals surface area contributed by atoms with E-state index >= 15 is 0 Å². The Hall–Kier alpha value is -3.08. The average molecular weight is 344 g/mol. The molecule has 5 heteroatoms. The van der Waals surface area contributed by atoms with Crippen molar-refractivity contribution in [3.05, 3.63) is 54.4 Å². The van der Waals surface area contributed by atoms with Gasteiger partial charge in [0.2, 0.25) is 5.71 Å². The van der Waals surface area contributed by atoms with Crippen LogP contribution in [0, 0.1) is 6.92 Å². The molecule has 0 saturated carbocycles. The Morgan fingerprint density at radius 1 is 0.962 bits per heavy atom. The second kappa shape index (κ2) is 4.97. The molecule has 0 atom stereocenters. The van der Waals surface area contributed by atoms with Crippen LogP contribution in [0.2, 0.25) is 0 Å². The molecular formula is C21H20N4O. The van der Waals surface area contributed by atoms with E-state index in [1.165, 1.54) is 0 Å². The second-order valence-corrected chi connectivity index (χ2v) is 7.30. The summed E-state index contributed by atoms with van der Waals surface area (Å²) in [6, 6.07) is 12.4. The minimum Gasteiger partial charge on any atom is -0.435 e. The van der Waals surface area contributed by atoms with Gasteiger partial charge in [-0.25, -0.2) is 9.97 Å². The minimum absolute atomic E-state index is 0.276. The van der Waals surface area contributed by atoms with Gasteiger partial charge < -0.3 is 14.2 Å². The highest BCUT2D eigenvalue weighted by molar-refractivity contribution is 6.10. The molecule has 4 aromatic rings. The van der Waals surface area contributed by atoms with Gasteiger partial charge >= 0.3 is 0 Å². The Kier molecular flexibility index (Phi) is 2.91. The molecule has 5 rings (SSSR count). The van der Waals surface area contributed by atoms with Gasteiger partial charge in [-0.2, -0.15) is 0 Å². The fourth-order valence-electron chi connectivity index (χ4n) is 3.96. The lowest BCUT2D eigenvalue weighted by atomic mass is 10.1. The largest absolute Gasteiger partial charge is 0.435 e. The van der Waals surface area contributed by atoms with Gasteiger partial charge in [0.15, 0.2) is 11.4 Å². The predicted molar refractivity (Wildman–Crippen MR) is 105 cm³/mol. The monoisotopic (exact) mass is 344 g/mol. The van der Waals surface area contributed by atoms with Gasteiger partial charge in [0.25, 0.3) is 0 Å². The van der Waals surface area contributed by atoms with E-state index in [1.807, 2.05) is 18.3 Å². The third-order valence-electron chi connectivity index (χ3n) is 5.51. The quantitative estimate of drug-likeness (QED) is 0.486. The molecule has 130 valence electrons. The Morgan fingerprint density at radius 3 is 2.58 bits per heavy atom. The molecule has 1 aliphatic heterocycles. The van der Waals surface area contributed by atoms with Gasteiger partial charge in [-0.1, -0.05) is 12.1 Å². The fraction of sp³-hybridized carbons (Fsp3) is 0.238. The van der Waals surface area contributed by atoms with Gasteiger partial charge in [0, 0.05) is 30.2 Å². The highest BCUT2D eigenvalue weighted by Crippen LogP contribution is 2.50. The van der Waals surface area contributed by atoms with Crippen molar-refractivity contribution in [2.45, 2.75) is 26.4 Å². The van der Waals surface area contributed by atoms with Gasteiger partial charge in [0.05, 0.1) is 11.4 Å². The van der Waals surface area contributed by atoms with E-state index in [0.29, 0.717) is 5.71 Å². The maximum absolute atomic E-state index is 6.23. The summed E-state index contributed by atoms with van der Waals surface area (Å²) in [6.07, 6.45) is 3.61. The van der Waals surface area contributed by atoms with Crippen molar-refractivity contribution < 1.29 is 4.42 Å². The Bertz CT molecular complexity index is 1160. The SMILES string of the molecule is Cc1ccc2c(oc3ncccc32)c1N1c2cccnc2N(C)C1(C)C. The molecule has 0 amide bonds. The summed E-state index contributed by atoms with van der Waals surface area (Å²) in [7, 11) is 2.08. The molecule has 0 radical (unpaired) electrons. The molecule has 26 heavy (non-hydrogen) atoms. The van der Waals surface area contributed by atoms with Crippen LogP contribution in [-0.2, 0) is 0 Å². The van der Waals surface area contributed by atoms with Crippen LogP contribution < -0.4 is 9.80 Å². The lowest BCUT2D eigenvalue weighted by Gasteiger charge is -2.38. The first kappa shape index (κ1) is 15.2. The third kappa shape index (κ3) is 1.80. The fourth-order valence-corrected chi connectivity index (χ4v) is 3.96. The first-order valence-corrected chi connectivity index (χ1v) is 8.76. The molecule has 5 nitrogen and oxygen atoms in total. The van der Waals surface area contributed by atoms with Crippen LogP contribution in [0.25, 0.3) is 22.1 Å². The number of hydrogen-bond donors (Lipinski definition) is 0. The molecule has 0 saturated heterocycles. The van der Waals surface area contributed by atoms with Gasteiger partial charge in [-0.3, -0.25) is 0 Å². The molecule has 1 aromatic carbocycles. The van der Waals surface area contributed by atoms with Crippen LogP contribution in [0.1, 0.15) is 19.4 Å². The zero-order valence-corrected chi connectivity index (χ0v) is 15.3. The average Bonchev–Trinajstić information content (AvgIpc) is 3.10. The molecule has 1 aliphatic rings. The normalized spacial score (nSPS) is 15.8. The van der Waals surface area contributed by atoms with E-state index in [-0.39, 0.29) is 5.66 Å². The van der Waals surface area contributed by atoms with Crippen LogP contribution in [0.15, 0.2) is 53.2 Å². The van der Waals surface area contributed by atoms with Crippen molar-refractivity contribution in [3.63, 3.8) is 0 Å². The molecule has 3 aromatic heterocycles. The number of furan rings is 1. The maximum Gasteiger partial charge on any atom is 0.227 e. The summed E-state index contributed by atoms with van der Waals surface area (Å²) in [6.45, 7) is 6.53. The summed E-state index contributed by atoms with van der Waals surface area (Å²) >= 11 is 0. The van der Waals surface area contributed by atoms with Crippen molar-refractivity contribution in [3.8, 4) is 0 Å². The Balaban J connectivity index is 1.88. The van der Waals surface area contributed by atoms with E-state index in [0.717, 1.165) is 39.1 Å². The Labute approximate surface area is 151 Å². The van der Waals surface area contributed by atoms with Crippen molar-refractivity contribution in [1.29, 1.82) is 0 Å². The highest BCUT2D eigenvalue weighted by Gasteiger charge is 2.43. The van der Waals surface area contributed by atoms with E-state index in [2.05, 4.69) is 71.9 Å². The van der Waals surface area contributed by atoms with Crippen molar-refractivity contribution in [2.24, 2.45) is 0 Å². The number of aromatic nitrogens is 2. The summed E-state index contributed by atoms with van der Waals surface area (Å²) in [4.78, 5) is 13.5. The summed E-state index contributed by atoms with van der Waals surface area (Å²) in [5.74, 6) is 0.975. The van der Waals surface area contributed by atoms with Crippen LogP contribution >= 0.6 is 0 Å². The van der Waals surface area contributed by atoms with Crippen LogP contribution in [0.3, 0.4) is 0 Å². The predicted octanol–water partition coefficient (Wildman–Crippen LogP) is 5.01. The summed E-state index contributed by atoms with van der Waals surface area (Å²) in [5, 5.41) is 2.13. The van der Waals surface area contributed by atoms with E-state index < -0.39 is 0 Å². The van der Waals surface area contributed by atoms with Crippen LogP contribution in [-0.4, -0.2) is 22.7 Å². The van der Waals surface area contributed by atoms with Gasteiger partial charge in [-0.15, -0.1) is 0 Å². The van der Waals surface area contributed by atoms with Gasteiger partial charge in [-0.05, 0) is 50.6 Å². The van der Waals surface area contributed by atoms with E-state index in [9.17, 15) is 0 Å². The van der Waals surface area contributed by atoms with Crippen LogP contribution in [0.4, 0.5) is 17.2 Å². The van der Waals surface area contributed by atoms with E-state index in [1.54, 1.807) is 6.20 Å². The Morgan fingerprint density at radius 2 is 1.73 bits per heavy atom. The maximum atomic E-state index is 6.23.